The summed E-state index contributed by atoms with van der Waals surface area (Å²) in [6.45, 7) is 1.03. The molecule has 1 aromatic heterocycles. The molecule has 2 aromatic carbocycles. The molecule has 2 nitrogen and oxygen atoms in total. The maximum Gasteiger partial charge on any atom is 0.0486 e. The second kappa shape index (κ2) is 6.40. The van der Waals surface area contributed by atoms with Crippen molar-refractivity contribution in [3.63, 3.8) is 0 Å². The molecule has 0 aliphatic carbocycles. The van der Waals surface area contributed by atoms with Gasteiger partial charge in [-0.3, -0.25) is 4.90 Å². The summed E-state index contributed by atoms with van der Waals surface area (Å²) in [5, 5.41) is 2.24. The summed E-state index contributed by atoms with van der Waals surface area (Å²) >= 11 is 9.72. The standard InChI is InChI=1S/C22H22BrClN2/c1-25-17-7-9-20(25)22-18-12-15(23)4-8-19(18)26(21(22)13-17)11-10-14-2-5-16(24)6-3-14/h2-6,8,12,17,20H,7,9-11,13H2,1H3/t17-,20+/m0/s1. The Labute approximate surface area is 167 Å². The van der Waals surface area contributed by atoms with Crippen molar-refractivity contribution < 1.29 is 0 Å². The number of hydrogen-bond acceptors (Lipinski definition) is 1. The number of nitrogens with zero attached hydrogens (tertiary/aromatic N) is 2. The molecule has 4 heteroatoms. The SMILES string of the molecule is CN1[C@H]2CC[C@@H]1c1c(n(CCc3ccc(Cl)cc3)c3ccc(Br)cc13)C2. The molecule has 0 spiro atoms. The lowest BCUT2D eigenvalue weighted by atomic mass is 9.97. The van der Waals surface area contributed by atoms with Gasteiger partial charge in [-0.25, -0.2) is 0 Å². The van der Waals surface area contributed by atoms with Crippen LogP contribution in [0.1, 0.15) is 35.7 Å². The normalized spacial score (nSPS) is 22.1. The second-order valence-electron chi connectivity index (χ2n) is 7.67. The van der Waals surface area contributed by atoms with Crippen LogP contribution in [0.4, 0.5) is 0 Å². The molecule has 134 valence electrons. The highest BCUT2D eigenvalue weighted by Gasteiger charge is 2.40. The Morgan fingerprint density at radius 1 is 1.12 bits per heavy atom. The average Bonchev–Trinajstić information content (AvgIpc) is 3.04. The van der Waals surface area contributed by atoms with E-state index in [4.69, 9.17) is 11.6 Å². The number of benzene rings is 2. The Balaban J connectivity index is 1.59. The number of fused-ring (bicyclic) bond motifs is 6. The maximum atomic E-state index is 6.04. The Kier molecular flexibility index (Phi) is 4.15. The summed E-state index contributed by atoms with van der Waals surface area (Å²) in [5.41, 5.74) is 5.87. The van der Waals surface area contributed by atoms with E-state index in [2.05, 4.69) is 62.8 Å². The van der Waals surface area contributed by atoms with Crippen LogP contribution in [0, 0.1) is 0 Å². The van der Waals surface area contributed by atoms with Crippen molar-refractivity contribution in [1.82, 2.24) is 9.47 Å². The van der Waals surface area contributed by atoms with E-state index in [1.165, 1.54) is 40.2 Å². The van der Waals surface area contributed by atoms with Crippen LogP contribution in [0.3, 0.4) is 0 Å². The Morgan fingerprint density at radius 2 is 1.92 bits per heavy atom. The number of halogens is 2. The molecule has 1 fully saturated rings. The zero-order chi connectivity index (χ0) is 17.8. The van der Waals surface area contributed by atoms with Gasteiger partial charge in [0.25, 0.3) is 0 Å². The lowest BCUT2D eigenvalue weighted by molar-refractivity contribution is 0.222. The molecular formula is C22H22BrClN2. The molecule has 0 radical (unpaired) electrons. The van der Waals surface area contributed by atoms with Gasteiger partial charge in [0, 0.05) is 51.1 Å². The molecule has 2 aliphatic rings. The van der Waals surface area contributed by atoms with Crippen molar-refractivity contribution in [2.24, 2.45) is 0 Å². The van der Waals surface area contributed by atoms with E-state index in [0.29, 0.717) is 12.1 Å². The van der Waals surface area contributed by atoms with E-state index in [9.17, 15) is 0 Å². The van der Waals surface area contributed by atoms with E-state index in [1.54, 1.807) is 11.3 Å². The topological polar surface area (TPSA) is 8.17 Å². The molecule has 3 heterocycles. The molecule has 0 saturated carbocycles. The first kappa shape index (κ1) is 16.9. The zero-order valence-corrected chi connectivity index (χ0v) is 17.2. The fourth-order valence-corrected chi connectivity index (χ4v) is 5.46. The second-order valence-corrected chi connectivity index (χ2v) is 9.02. The van der Waals surface area contributed by atoms with Gasteiger partial charge in [0.15, 0.2) is 0 Å². The van der Waals surface area contributed by atoms with E-state index in [-0.39, 0.29) is 0 Å². The molecule has 26 heavy (non-hydrogen) atoms. The number of rotatable bonds is 3. The van der Waals surface area contributed by atoms with Gasteiger partial charge in [0.1, 0.15) is 0 Å². The van der Waals surface area contributed by atoms with Crippen LogP contribution in [0.5, 0.6) is 0 Å². The first-order valence-electron chi connectivity index (χ1n) is 9.38. The quantitative estimate of drug-likeness (QED) is 0.496. The number of likely N-dealkylation sites (N-methyl/N-ethyl adjacent to an activating group) is 1. The van der Waals surface area contributed by atoms with Crippen LogP contribution >= 0.6 is 27.5 Å². The molecule has 5 rings (SSSR count). The van der Waals surface area contributed by atoms with E-state index in [0.717, 1.165) is 18.0 Å². The highest BCUT2D eigenvalue weighted by molar-refractivity contribution is 9.10. The Bertz CT molecular complexity index is 976. The number of hydrogen-bond donors (Lipinski definition) is 0. The number of aromatic nitrogens is 1. The van der Waals surface area contributed by atoms with Crippen LogP contribution in [0.2, 0.25) is 5.02 Å². The summed E-state index contributed by atoms with van der Waals surface area (Å²) in [4.78, 5) is 2.60. The summed E-state index contributed by atoms with van der Waals surface area (Å²) in [7, 11) is 2.31. The van der Waals surface area contributed by atoms with E-state index >= 15 is 0 Å². The van der Waals surface area contributed by atoms with Crippen LogP contribution in [-0.2, 0) is 19.4 Å². The van der Waals surface area contributed by atoms with Gasteiger partial charge in [0.2, 0.25) is 0 Å². The van der Waals surface area contributed by atoms with E-state index < -0.39 is 0 Å². The highest BCUT2D eigenvalue weighted by Crippen LogP contribution is 2.47. The molecule has 0 N–H and O–H groups in total. The largest absolute Gasteiger partial charge is 0.344 e. The maximum absolute atomic E-state index is 6.04. The third-order valence-corrected chi connectivity index (χ3v) is 7.06. The van der Waals surface area contributed by atoms with Gasteiger partial charge in [-0.2, -0.15) is 0 Å². The molecule has 0 unspecified atom stereocenters. The van der Waals surface area contributed by atoms with Crippen molar-refractivity contribution in [3.8, 4) is 0 Å². The van der Waals surface area contributed by atoms with Crippen LogP contribution in [0.25, 0.3) is 10.9 Å². The monoisotopic (exact) mass is 428 g/mol. The third-order valence-electron chi connectivity index (χ3n) is 6.32. The Morgan fingerprint density at radius 3 is 2.73 bits per heavy atom. The summed E-state index contributed by atoms with van der Waals surface area (Å²) in [6.07, 6.45) is 4.82. The van der Waals surface area contributed by atoms with Gasteiger partial charge in [-0.15, -0.1) is 0 Å². The van der Waals surface area contributed by atoms with Gasteiger partial charge in [-0.1, -0.05) is 39.7 Å². The first-order valence-corrected chi connectivity index (χ1v) is 10.6. The summed E-state index contributed by atoms with van der Waals surface area (Å²) < 4.78 is 3.76. The zero-order valence-electron chi connectivity index (χ0n) is 14.9. The van der Waals surface area contributed by atoms with Crippen LogP contribution in [-0.4, -0.2) is 22.6 Å². The van der Waals surface area contributed by atoms with Crippen molar-refractivity contribution in [3.05, 3.63) is 68.8 Å². The van der Waals surface area contributed by atoms with Crippen molar-refractivity contribution in [2.75, 3.05) is 7.05 Å². The number of aryl methyl sites for hydroxylation is 2. The molecule has 3 aromatic rings. The molecule has 2 bridgehead atoms. The summed E-state index contributed by atoms with van der Waals surface area (Å²) in [5.74, 6) is 0. The van der Waals surface area contributed by atoms with Crippen molar-refractivity contribution in [2.45, 2.75) is 44.3 Å². The Hall–Kier alpha value is -1.29. The molecule has 0 amide bonds. The summed E-state index contributed by atoms with van der Waals surface area (Å²) in [6, 6.07) is 16.3. The molecular weight excluding hydrogens is 408 g/mol. The molecule has 1 saturated heterocycles. The minimum Gasteiger partial charge on any atom is -0.344 e. The van der Waals surface area contributed by atoms with Gasteiger partial charge >= 0.3 is 0 Å². The first-order chi connectivity index (χ1) is 12.6. The van der Waals surface area contributed by atoms with Crippen molar-refractivity contribution >= 4 is 38.4 Å². The fraction of sp³-hybridized carbons (Fsp3) is 0.364. The average molecular weight is 430 g/mol. The lowest BCUT2D eigenvalue weighted by Gasteiger charge is -2.32. The highest BCUT2D eigenvalue weighted by atomic mass is 79.9. The fourth-order valence-electron chi connectivity index (χ4n) is 4.97. The van der Waals surface area contributed by atoms with E-state index in [1.807, 2.05) is 12.1 Å². The third kappa shape index (κ3) is 2.64. The van der Waals surface area contributed by atoms with Gasteiger partial charge in [0.05, 0.1) is 0 Å². The van der Waals surface area contributed by atoms with Gasteiger partial charge < -0.3 is 4.57 Å². The molecule has 2 atom stereocenters. The smallest absolute Gasteiger partial charge is 0.0486 e. The predicted octanol–water partition coefficient (Wildman–Crippen LogP) is 5.99. The molecule has 2 aliphatic heterocycles. The predicted molar refractivity (Wildman–Crippen MR) is 112 cm³/mol. The van der Waals surface area contributed by atoms with Crippen LogP contribution in [0.15, 0.2) is 46.9 Å². The minimum absolute atomic E-state index is 0.581. The lowest BCUT2D eigenvalue weighted by Crippen LogP contribution is -2.34. The minimum atomic E-state index is 0.581. The van der Waals surface area contributed by atoms with Gasteiger partial charge in [-0.05, 0) is 67.8 Å². The van der Waals surface area contributed by atoms with Crippen LogP contribution < -0.4 is 0 Å². The van der Waals surface area contributed by atoms with Crippen molar-refractivity contribution in [1.29, 1.82) is 0 Å².